The van der Waals surface area contributed by atoms with E-state index in [1.54, 1.807) is 25.2 Å². The Balaban J connectivity index is 2.87. The van der Waals surface area contributed by atoms with Gasteiger partial charge in [0, 0.05) is 12.1 Å². The molecule has 0 aromatic heterocycles. The Morgan fingerprint density at radius 1 is 1.43 bits per heavy atom. The summed E-state index contributed by atoms with van der Waals surface area (Å²) in [5.74, 6) is 5.62. The van der Waals surface area contributed by atoms with Gasteiger partial charge in [-0.05, 0) is 18.2 Å². The molecule has 0 amide bonds. The topological polar surface area (TPSA) is 62.4 Å². The first kappa shape index (κ1) is 11.1. The van der Waals surface area contributed by atoms with E-state index in [2.05, 4.69) is 15.7 Å². The van der Waals surface area contributed by atoms with Gasteiger partial charge in [-0.25, -0.2) is 5.84 Å². The van der Waals surface area contributed by atoms with E-state index < -0.39 is 0 Å². The minimum absolute atomic E-state index is 0.425. The zero-order valence-electron chi connectivity index (χ0n) is 7.51. The van der Waals surface area contributed by atoms with Gasteiger partial charge in [-0.15, -0.1) is 0 Å². The molecule has 1 aromatic rings. The Morgan fingerprint density at radius 2 is 2.14 bits per heavy atom. The summed E-state index contributed by atoms with van der Waals surface area (Å²) >= 11 is 11.7. The van der Waals surface area contributed by atoms with Crippen molar-refractivity contribution in [3.63, 3.8) is 0 Å². The lowest BCUT2D eigenvalue weighted by molar-refractivity contribution is 1.01. The van der Waals surface area contributed by atoms with Crippen LogP contribution in [-0.4, -0.2) is 13.0 Å². The quantitative estimate of drug-likeness (QED) is 0.300. The largest absolute Gasteiger partial charge is 0.324 e. The van der Waals surface area contributed by atoms with Crippen LogP contribution in [0.25, 0.3) is 0 Å². The molecule has 0 atom stereocenters. The predicted molar refractivity (Wildman–Crippen MR) is 60.8 cm³/mol. The maximum absolute atomic E-state index is 5.92. The van der Waals surface area contributed by atoms with Gasteiger partial charge in [0.25, 0.3) is 0 Å². The van der Waals surface area contributed by atoms with E-state index in [1.165, 1.54) is 0 Å². The third kappa shape index (κ3) is 2.77. The average molecular weight is 233 g/mol. The molecule has 0 spiro atoms. The van der Waals surface area contributed by atoms with Gasteiger partial charge in [-0.3, -0.25) is 10.4 Å². The highest BCUT2D eigenvalue weighted by molar-refractivity contribution is 6.36. The summed E-state index contributed by atoms with van der Waals surface area (Å²) in [4.78, 5) is 3.84. The summed E-state index contributed by atoms with van der Waals surface area (Å²) in [6, 6.07) is 5.10. The van der Waals surface area contributed by atoms with E-state index in [0.29, 0.717) is 21.7 Å². The van der Waals surface area contributed by atoms with Crippen molar-refractivity contribution in [1.29, 1.82) is 0 Å². The predicted octanol–water partition coefficient (Wildman–Crippen LogP) is 1.85. The molecule has 0 unspecified atom stereocenters. The van der Waals surface area contributed by atoms with Crippen LogP contribution >= 0.6 is 23.2 Å². The summed E-state index contributed by atoms with van der Waals surface area (Å²) < 4.78 is 0. The molecule has 0 bridgehead atoms. The van der Waals surface area contributed by atoms with Crippen LogP contribution < -0.4 is 16.6 Å². The Kier molecular flexibility index (Phi) is 4.00. The van der Waals surface area contributed by atoms with Crippen LogP contribution in [0.1, 0.15) is 0 Å². The lowest BCUT2D eigenvalue weighted by Gasteiger charge is -2.09. The number of hydrazine groups is 1. The van der Waals surface area contributed by atoms with E-state index in [0.717, 1.165) is 0 Å². The second-order valence-corrected chi connectivity index (χ2v) is 3.31. The number of benzene rings is 1. The first-order chi connectivity index (χ1) is 6.67. The molecule has 0 saturated heterocycles. The second kappa shape index (κ2) is 5.05. The minimum Gasteiger partial charge on any atom is -0.324 e. The molecule has 4 nitrogen and oxygen atoms in total. The fourth-order valence-electron chi connectivity index (χ4n) is 0.875. The van der Waals surface area contributed by atoms with Crippen LogP contribution in [0.5, 0.6) is 0 Å². The number of nitrogens with two attached hydrogens (primary N) is 1. The summed E-state index contributed by atoms with van der Waals surface area (Å²) in [5, 5.41) is 3.99. The Hall–Kier alpha value is -0.970. The van der Waals surface area contributed by atoms with Gasteiger partial charge in [0.2, 0.25) is 5.96 Å². The normalized spacial score (nSPS) is 11.3. The van der Waals surface area contributed by atoms with E-state index in [9.17, 15) is 0 Å². The number of hydrogen-bond acceptors (Lipinski definition) is 2. The van der Waals surface area contributed by atoms with E-state index >= 15 is 0 Å². The maximum atomic E-state index is 5.92. The number of aliphatic imine (C=N–C) groups is 1. The van der Waals surface area contributed by atoms with Crippen LogP contribution in [-0.2, 0) is 0 Å². The van der Waals surface area contributed by atoms with Crippen molar-refractivity contribution in [1.82, 2.24) is 5.43 Å². The summed E-state index contributed by atoms with van der Waals surface area (Å²) in [7, 11) is 1.60. The maximum Gasteiger partial charge on any atom is 0.210 e. The second-order valence-electron chi connectivity index (χ2n) is 2.47. The molecule has 0 aliphatic heterocycles. The molecule has 1 aromatic carbocycles. The van der Waals surface area contributed by atoms with Crippen LogP contribution in [0.3, 0.4) is 0 Å². The lowest BCUT2D eigenvalue weighted by Crippen LogP contribution is -2.36. The van der Waals surface area contributed by atoms with Gasteiger partial charge >= 0.3 is 0 Å². The highest BCUT2D eigenvalue weighted by atomic mass is 35.5. The number of halogens is 2. The van der Waals surface area contributed by atoms with E-state index in [4.69, 9.17) is 29.0 Å². The first-order valence-corrected chi connectivity index (χ1v) is 4.58. The lowest BCUT2D eigenvalue weighted by atomic mass is 10.3. The third-order valence-electron chi connectivity index (χ3n) is 1.54. The molecule has 6 heteroatoms. The number of nitrogens with zero attached hydrogens (tertiary/aromatic N) is 1. The van der Waals surface area contributed by atoms with Gasteiger partial charge < -0.3 is 5.32 Å². The van der Waals surface area contributed by atoms with Crippen LogP contribution in [0.15, 0.2) is 23.2 Å². The molecule has 0 aliphatic rings. The van der Waals surface area contributed by atoms with Crippen molar-refractivity contribution < 1.29 is 0 Å². The zero-order valence-corrected chi connectivity index (χ0v) is 9.02. The monoisotopic (exact) mass is 232 g/mol. The number of guanidine groups is 1. The average Bonchev–Trinajstić information content (AvgIpc) is 2.17. The van der Waals surface area contributed by atoms with Crippen molar-refractivity contribution in [3.05, 3.63) is 28.2 Å². The minimum atomic E-state index is 0.425. The van der Waals surface area contributed by atoms with Crippen LogP contribution in [0.4, 0.5) is 5.69 Å². The SMILES string of the molecule is CN=C(NN)Nc1ccc(Cl)cc1Cl. The Morgan fingerprint density at radius 3 is 2.64 bits per heavy atom. The summed E-state index contributed by atoms with van der Waals surface area (Å²) in [5.41, 5.74) is 3.08. The van der Waals surface area contributed by atoms with Crippen molar-refractivity contribution in [2.45, 2.75) is 0 Å². The fourth-order valence-corrected chi connectivity index (χ4v) is 1.33. The molecule has 76 valence electrons. The highest BCUT2D eigenvalue weighted by Gasteiger charge is 2.02. The fraction of sp³-hybridized carbons (Fsp3) is 0.125. The van der Waals surface area contributed by atoms with Gasteiger partial charge in [0.1, 0.15) is 0 Å². The number of rotatable bonds is 1. The molecular weight excluding hydrogens is 223 g/mol. The first-order valence-electron chi connectivity index (χ1n) is 3.83. The van der Waals surface area contributed by atoms with Crippen LogP contribution in [0, 0.1) is 0 Å². The van der Waals surface area contributed by atoms with Crippen molar-refractivity contribution >= 4 is 34.8 Å². The molecule has 0 fully saturated rings. The van der Waals surface area contributed by atoms with Gasteiger partial charge in [-0.2, -0.15) is 0 Å². The highest BCUT2D eigenvalue weighted by Crippen LogP contribution is 2.24. The molecule has 0 heterocycles. The molecular formula is C8H10Cl2N4. The summed E-state index contributed by atoms with van der Waals surface area (Å²) in [6.45, 7) is 0. The van der Waals surface area contributed by atoms with Crippen molar-refractivity contribution in [3.8, 4) is 0 Å². The van der Waals surface area contributed by atoms with Crippen molar-refractivity contribution in [2.75, 3.05) is 12.4 Å². The summed E-state index contributed by atoms with van der Waals surface area (Å²) in [6.07, 6.45) is 0. The van der Waals surface area contributed by atoms with Gasteiger partial charge in [0.15, 0.2) is 0 Å². The molecule has 0 saturated carbocycles. The van der Waals surface area contributed by atoms with E-state index in [1.807, 2.05) is 0 Å². The van der Waals surface area contributed by atoms with Crippen LogP contribution in [0.2, 0.25) is 10.0 Å². The Bertz CT molecular complexity index is 351. The number of anilines is 1. The van der Waals surface area contributed by atoms with E-state index in [-0.39, 0.29) is 0 Å². The zero-order chi connectivity index (χ0) is 10.6. The molecule has 14 heavy (non-hydrogen) atoms. The molecule has 1 rings (SSSR count). The van der Waals surface area contributed by atoms with Gasteiger partial charge in [-0.1, -0.05) is 23.2 Å². The number of hydrogen-bond donors (Lipinski definition) is 3. The molecule has 0 radical (unpaired) electrons. The molecule has 4 N–H and O–H groups in total. The standard InChI is InChI=1S/C8H10Cl2N4/c1-12-8(14-11)13-7-3-2-5(9)4-6(7)10/h2-4H,11H2,1H3,(H2,12,13,14). The Labute approximate surface area is 92.1 Å². The van der Waals surface area contributed by atoms with Gasteiger partial charge in [0.05, 0.1) is 10.7 Å². The number of nitrogens with one attached hydrogen (secondary N) is 2. The molecule has 0 aliphatic carbocycles. The van der Waals surface area contributed by atoms with Crippen molar-refractivity contribution in [2.24, 2.45) is 10.8 Å². The smallest absolute Gasteiger partial charge is 0.210 e. The third-order valence-corrected chi connectivity index (χ3v) is 2.09.